The van der Waals surface area contributed by atoms with Crippen LogP contribution in [0.5, 0.6) is 0 Å². The summed E-state index contributed by atoms with van der Waals surface area (Å²) >= 11 is 0. The second-order valence-corrected chi connectivity index (χ2v) is 10.3. The van der Waals surface area contributed by atoms with E-state index in [4.69, 9.17) is 25.5 Å². The first kappa shape index (κ1) is 25.4. The Hall–Kier alpha value is -2.68. The average molecular weight is 505 g/mol. The molecule has 2 aliphatic rings. The predicted molar refractivity (Wildman–Crippen MR) is 126 cm³/mol. The van der Waals surface area contributed by atoms with Gasteiger partial charge in [-0.25, -0.2) is 9.50 Å². The first-order chi connectivity index (χ1) is 16.8. The number of anilines is 1. The number of hydrogen-bond acceptors (Lipinski definition) is 10. The maximum absolute atomic E-state index is 12.4. The van der Waals surface area contributed by atoms with Crippen LogP contribution < -0.4 is 16.6 Å². The van der Waals surface area contributed by atoms with Crippen LogP contribution in [0.3, 0.4) is 0 Å². The van der Waals surface area contributed by atoms with Crippen molar-refractivity contribution in [1.29, 1.82) is 5.26 Å². The smallest absolute Gasteiger partial charge is 0.464 e. The molecule has 35 heavy (non-hydrogen) atoms. The molecule has 0 bridgehead atoms. The molecule has 2 aromatic rings. The van der Waals surface area contributed by atoms with Crippen LogP contribution in [0, 0.1) is 17.2 Å². The van der Waals surface area contributed by atoms with Crippen molar-refractivity contribution in [2.45, 2.75) is 69.2 Å². The van der Waals surface area contributed by atoms with E-state index >= 15 is 0 Å². The minimum Gasteiger partial charge on any atom is -0.464 e. The van der Waals surface area contributed by atoms with Gasteiger partial charge >= 0.3 is 14.1 Å². The van der Waals surface area contributed by atoms with Gasteiger partial charge < -0.3 is 20.9 Å². The quantitative estimate of drug-likeness (QED) is 0.336. The molecule has 2 aromatic heterocycles. The summed E-state index contributed by atoms with van der Waals surface area (Å²) in [6, 6.07) is 5.18. The summed E-state index contributed by atoms with van der Waals surface area (Å²) < 4.78 is 30.9. The van der Waals surface area contributed by atoms with E-state index in [1.807, 2.05) is 6.07 Å². The van der Waals surface area contributed by atoms with E-state index in [0.29, 0.717) is 36.7 Å². The van der Waals surface area contributed by atoms with Crippen LogP contribution in [-0.2, 0) is 23.4 Å². The highest BCUT2D eigenvalue weighted by atomic mass is 31.1. The largest absolute Gasteiger partial charge is 0.613 e. The Balaban J connectivity index is 1.25. The molecule has 1 saturated heterocycles. The summed E-state index contributed by atoms with van der Waals surface area (Å²) in [7, 11) is -2.42. The van der Waals surface area contributed by atoms with Crippen LogP contribution in [0.1, 0.15) is 57.2 Å². The molecule has 5 N–H and O–H groups in total. The maximum Gasteiger partial charge on any atom is 0.613 e. The molecule has 1 saturated carbocycles. The first-order valence-corrected chi connectivity index (χ1v) is 12.9. The van der Waals surface area contributed by atoms with E-state index in [0.717, 1.165) is 31.4 Å². The van der Waals surface area contributed by atoms with Gasteiger partial charge in [0.15, 0.2) is 11.4 Å². The zero-order valence-corrected chi connectivity index (χ0v) is 20.5. The molecular formula is C22H31N7O5P+. The lowest BCUT2D eigenvalue weighted by Crippen LogP contribution is -2.35. The fourth-order valence-electron chi connectivity index (χ4n) is 4.49. The number of nitrogens with two attached hydrogens (primary N) is 2. The van der Waals surface area contributed by atoms with Crippen molar-refractivity contribution in [2.75, 3.05) is 18.9 Å². The summed E-state index contributed by atoms with van der Waals surface area (Å²) in [6.07, 6.45) is 5.61. The number of nitrogens with one attached hydrogen (secondary N) is 1. The second-order valence-electron chi connectivity index (χ2n) is 9.24. The Bertz CT molecular complexity index is 1110. The third-order valence-corrected chi connectivity index (χ3v) is 7.60. The molecule has 1 unspecified atom stereocenters. The minimum atomic E-state index is -2.42. The third kappa shape index (κ3) is 5.94. The number of nitriles is 1. The number of aromatic nitrogens is 3. The predicted octanol–water partition coefficient (Wildman–Crippen LogP) is 2.14. The highest BCUT2D eigenvalue weighted by Gasteiger charge is 2.45. The molecule has 13 heteroatoms. The third-order valence-electron chi connectivity index (χ3n) is 6.64. The van der Waals surface area contributed by atoms with E-state index in [9.17, 15) is 14.6 Å². The van der Waals surface area contributed by atoms with Crippen LogP contribution in [-0.4, -0.2) is 51.5 Å². The van der Waals surface area contributed by atoms with Crippen LogP contribution in [0.2, 0.25) is 0 Å². The first-order valence-electron chi connectivity index (χ1n) is 11.8. The van der Waals surface area contributed by atoms with Gasteiger partial charge in [-0.1, -0.05) is 5.09 Å². The number of rotatable bonds is 9. The van der Waals surface area contributed by atoms with Gasteiger partial charge in [0.2, 0.25) is 0 Å². The number of nitrogens with zero attached hydrogens (tertiary/aromatic N) is 4. The van der Waals surface area contributed by atoms with Crippen molar-refractivity contribution < 1.29 is 23.4 Å². The van der Waals surface area contributed by atoms with Gasteiger partial charge in [0.25, 0.3) is 0 Å². The number of carbonyl (C=O) groups is 1. The molecule has 188 valence electrons. The molecule has 2 fully saturated rings. The number of nitrogen functional groups attached to an aromatic ring is 1. The van der Waals surface area contributed by atoms with Crippen LogP contribution in [0.15, 0.2) is 18.5 Å². The van der Waals surface area contributed by atoms with Crippen molar-refractivity contribution in [2.24, 2.45) is 11.7 Å². The molecule has 1 aliphatic carbocycles. The minimum absolute atomic E-state index is 0.216. The fourth-order valence-corrected chi connectivity index (χ4v) is 5.31. The Morgan fingerprint density at radius 3 is 2.91 bits per heavy atom. The van der Waals surface area contributed by atoms with Gasteiger partial charge in [-0.3, -0.25) is 4.79 Å². The maximum atomic E-state index is 12.4. The average Bonchev–Trinajstić information content (AvgIpc) is 3.48. The van der Waals surface area contributed by atoms with Crippen molar-refractivity contribution in [3.8, 4) is 6.07 Å². The lowest BCUT2D eigenvalue weighted by Gasteiger charge is -2.25. The molecule has 1 aliphatic heterocycles. The lowest BCUT2D eigenvalue weighted by atomic mass is 9.87. The Morgan fingerprint density at radius 1 is 1.40 bits per heavy atom. The Labute approximate surface area is 204 Å². The summed E-state index contributed by atoms with van der Waals surface area (Å²) in [5.41, 5.74) is 11.9. The van der Waals surface area contributed by atoms with Crippen LogP contribution in [0.25, 0.3) is 5.52 Å². The van der Waals surface area contributed by atoms with Crippen molar-refractivity contribution in [1.82, 2.24) is 19.7 Å². The van der Waals surface area contributed by atoms with Crippen molar-refractivity contribution in [3.63, 3.8) is 0 Å². The summed E-state index contributed by atoms with van der Waals surface area (Å²) in [5, 5.41) is 16.6. The number of hydrogen-bond donors (Lipinski definition) is 3. The Kier molecular flexibility index (Phi) is 7.94. The van der Waals surface area contributed by atoms with Crippen LogP contribution >= 0.6 is 8.18 Å². The van der Waals surface area contributed by atoms with Gasteiger partial charge in [-0.05, 0) is 68.1 Å². The van der Waals surface area contributed by atoms with Gasteiger partial charge in [0, 0.05) is 6.04 Å². The molecular weight excluding hydrogens is 473 g/mol. The van der Waals surface area contributed by atoms with Gasteiger partial charge in [0.1, 0.15) is 36.7 Å². The lowest BCUT2D eigenvalue weighted by molar-refractivity contribution is -0.147. The zero-order valence-electron chi connectivity index (χ0n) is 19.6. The molecule has 0 spiro atoms. The standard InChI is InChI=1S/C22H31N7O5P/c1-14(21(30)32-10-15-2-4-16(24)5-3-15)28-35(31)33-12-22(11-23)9-8-19(34-22)17-6-7-18-20(25)26-13-27-29(17)18/h6-7,13-16,19H,2-5,8-10,12,24H2,1H3,(H,28,31)(H2,25,26,27)/q+1/t14-,15?,16?,19+,22+/m0/s1. The monoisotopic (exact) mass is 504 g/mol. The highest BCUT2D eigenvalue weighted by molar-refractivity contribution is 7.36. The molecule has 0 aromatic carbocycles. The number of ether oxygens (including phenoxy) is 2. The Morgan fingerprint density at radius 2 is 2.17 bits per heavy atom. The number of carbonyl (C=O) groups excluding carboxylic acids is 1. The van der Waals surface area contributed by atoms with E-state index in [1.54, 1.807) is 17.5 Å². The molecule has 4 atom stereocenters. The summed E-state index contributed by atoms with van der Waals surface area (Å²) in [4.78, 5) is 16.2. The number of esters is 1. The second kappa shape index (κ2) is 10.9. The molecule has 0 radical (unpaired) electrons. The van der Waals surface area contributed by atoms with E-state index < -0.39 is 31.9 Å². The molecule has 0 amide bonds. The van der Waals surface area contributed by atoms with E-state index in [2.05, 4.69) is 21.2 Å². The fraction of sp³-hybridized carbons (Fsp3) is 0.636. The zero-order chi connectivity index (χ0) is 25.0. The normalized spacial score (nSPS) is 27.9. The van der Waals surface area contributed by atoms with E-state index in [1.165, 1.54) is 6.33 Å². The highest BCUT2D eigenvalue weighted by Crippen LogP contribution is 2.41. The van der Waals surface area contributed by atoms with Crippen molar-refractivity contribution in [3.05, 3.63) is 24.2 Å². The van der Waals surface area contributed by atoms with Gasteiger partial charge in [-0.15, -0.1) is 4.52 Å². The molecule has 12 nitrogen and oxygen atoms in total. The molecule has 3 heterocycles. The molecule has 4 rings (SSSR count). The van der Waals surface area contributed by atoms with Crippen LogP contribution in [0.4, 0.5) is 5.82 Å². The van der Waals surface area contributed by atoms with Gasteiger partial charge in [-0.2, -0.15) is 10.4 Å². The number of fused-ring (bicyclic) bond motifs is 1. The van der Waals surface area contributed by atoms with Crippen molar-refractivity contribution >= 4 is 25.5 Å². The topological polar surface area (TPSA) is 180 Å². The van der Waals surface area contributed by atoms with E-state index in [-0.39, 0.29) is 12.6 Å². The van der Waals surface area contributed by atoms with Gasteiger partial charge in [0.05, 0.1) is 12.3 Å². The summed E-state index contributed by atoms with van der Waals surface area (Å²) in [6.45, 7) is 1.67. The summed E-state index contributed by atoms with van der Waals surface area (Å²) in [5.74, 6) is 0.151. The SMILES string of the molecule is C[C@H](N[P+](=O)OC[C@]1(C#N)CC[C@H](c2ccc3c(N)ncnn23)O1)C(=O)OCC1CCC(N)CC1.